The van der Waals surface area contributed by atoms with Gasteiger partial charge < -0.3 is 14.5 Å². The molecule has 1 fully saturated rings. The second-order valence-corrected chi connectivity index (χ2v) is 9.32. The van der Waals surface area contributed by atoms with Crippen LogP contribution in [0.2, 0.25) is 10.0 Å². The Morgan fingerprint density at radius 1 is 1.15 bits per heavy atom. The van der Waals surface area contributed by atoms with Gasteiger partial charge in [0.2, 0.25) is 0 Å². The van der Waals surface area contributed by atoms with E-state index in [9.17, 15) is 9.59 Å². The number of benzene rings is 1. The molecule has 0 radical (unpaired) electrons. The number of ether oxygens (including phenoxy) is 1. The monoisotopic (exact) mass is 491 g/mol. The van der Waals surface area contributed by atoms with Crippen molar-refractivity contribution in [1.29, 1.82) is 0 Å². The van der Waals surface area contributed by atoms with E-state index >= 15 is 0 Å². The van der Waals surface area contributed by atoms with Crippen LogP contribution < -0.4 is 15.5 Å². The number of hydrogen-bond donors (Lipinski definition) is 2. The maximum atomic E-state index is 12.8. The number of nitrogens with zero attached hydrogens (tertiary/aromatic N) is 1. The minimum atomic E-state index is -0.419. The van der Waals surface area contributed by atoms with Crippen molar-refractivity contribution < 1.29 is 18.7 Å². The van der Waals surface area contributed by atoms with Crippen LogP contribution in [0.5, 0.6) is 5.75 Å². The first-order valence-electron chi connectivity index (χ1n) is 11.3. The molecule has 2 N–H and O–H groups in total. The first-order chi connectivity index (χ1) is 15.9. The number of halogens is 2. The summed E-state index contributed by atoms with van der Waals surface area (Å²) in [7, 11) is 0. The molecule has 176 valence electrons. The number of hydrogen-bond acceptors (Lipinski definition) is 5. The maximum absolute atomic E-state index is 12.8. The molecule has 2 amide bonds. The first kappa shape index (κ1) is 23.6. The van der Waals surface area contributed by atoms with E-state index in [-0.39, 0.29) is 18.6 Å². The van der Waals surface area contributed by atoms with Gasteiger partial charge in [0, 0.05) is 28.6 Å². The van der Waals surface area contributed by atoms with Crippen LogP contribution in [0.1, 0.15) is 72.4 Å². The molecular weight excluding hydrogens is 465 g/mol. The molecule has 2 aliphatic carbocycles. The van der Waals surface area contributed by atoms with Gasteiger partial charge in [-0.3, -0.25) is 9.59 Å². The van der Waals surface area contributed by atoms with Crippen molar-refractivity contribution in [2.75, 3.05) is 6.61 Å². The zero-order valence-electron chi connectivity index (χ0n) is 18.5. The molecule has 2 aromatic rings. The topological polar surface area (TPSA) is 92.9 Å². The lowest BCUT2D eigenvalue weighted by Crippen LogP contribution is -2.36. The highest BCUT2D eigenvalue weighted by Gasteiger charge is 2.29. The van der Waals surface area contributed by atoms with Gasteiger partial charge in [-0.2, -0.15) is 5.10 Å². The lowest BCUT2D eigenvalue weighted by Gasteiger charge is -2.22. The van der Waals surface area contributed by atoms with Crippen molar-refractivity contribution in [3.63, 3.8) is 0 Å². The Kier molecular flexibility index (Phi) is 7.60. The summed E-state index contributed by atoms with van der Waals surface area (Å²) < 4.78 is 11.4. The third-order valence-corrected chi connectivity index (χ3v) is 6.57. The van der Waals surface area contributed by atoms with E-state index in [1.54, 1.807) is 18.2 Å². The molecule has 0 bridgehead atoms. The number of hydrazone groups is 1. The molecule has 0 unspecified atom stereocenters. The van der Waals surface area contributed by atoms with Crippen LogP contribution in [-0.4, -0.2) is 30.2 Å². The summed E-state index contributed by atoms with van der Waals surface area (Å²) in [5.41, 5.74) is 4.82. The van der Waals surface area contributed by atoms with E-state index in [1.165, 1.54) is 6.42 Å². The van der Waals surface area contributed by atoms with Gasteiger partial charge in [0.15, 0.2) is 12.4 Å². The van der Waals surface area contributed by atoms with Crippen molar-refractivity contribution in [1.82, 2.24) is 10.7 Å². The van der Waals surface area contributed by atoms with Gasteiger partial charge in [-0.15, -0.1) is 0 Å². The van der Waals surface area contributed by atoms with Gasteiger partial charge in [0.1, 0.15) is 11.5 Å². The van der Waals surface area contributed by atoms with E-state index in [4.69, 9.17) is 32.4 Å². The number of carbonyl (C=O) groups excluding carboxylic acids is 2. The van der Waals surface area contributed by atoms with Crippen LogP contribution in [0.25, 0.3) is 0 Å². The minimum Gasteiger partial charge on any atom is -0.482 e. The van der Waals surface area contributed by atoms with Crippen molar-refractivity contribution >= 4 is 40.7 Å². The summed E-state index contributed by atoms with van der Waals surface area (Å²) in [6, 6.07) is 4.98. The molecule has 1 saturated carbocycles. The summed E-state index contributed by atoms with van der Waals surface area (Å²) in [5, 5.41) is 8.24. The highest BCUT2D eigenvalue weighted by Crippen LogP contribution is 2.30. The fourth-order valence-corrected chi connectivity index (χ4v) is 4.86. The number of rotatable bonds is 6. The Labute approximate surface area is 202 Å². The highest BCUT2D eigenvalue weighted by molar-refractivity contribution is 6.35. The van der Waals surface area contributed by atoms with E-state index in [0.717, 1.165) is 55.4 Å². The van der Waals surface area contributed by atoms with Gasteiger partial charge in [-0.25, -0.2) is 5.43 Å². The summed E-state index contributed by atoms with van der Waals surface area (Å²) in [5.74, 6) is 0.850. The van der Waals surface area contributed by atoms with Crippen molar-refractivity contribution in [2.24, 2.45) is 5.10 Å². The molecule has 0 spiro atoms. The van der Waals surface area contributed by atoms with Gasteiger partial charge >= 0.3 is 0 Å². The molecule has 0 atom stereocenters. The Balaban J connectivity index is 1.41. The Bertz CT molecular complexity index is 1070. The number of furan rings is 1. The zero-order chi connectivity index (χ0) is 23.4. The van der Waals surface area contributed by atoms with Crippen LogP contribution in [-0.2, 0) is 11.2 Å². The Morgan fingerprint density at radius 2 is 1.94 bits per heavy atom. The van der Waals surface area contributed by atoms with Crippen LogP contribution in [0.15, 0.2) is 27.7 Å². The fraction of sp³-hybridized carbons (Fsp3) is 0.458. The van der Waals surface area contributed by atoms with Crippen molar-refractivity contribution in [3.05, 3.63) is 50.9 Å². The van der Waals surface area contributed by atoms with Gasteiger partial charge in [0.05, 0.1) is 10.7 Å². The summed E-state index contributed by atoms with van der Waals surface area (Å²) in [4.78, 5) is 25.1. The van der Waals surface area contributed by atoms with Crippen LogP contribution in [0, 0.1) is 6.92 Å². The number of nitrogens with one attached hydrogen (secondary N) is 2. The predicted octanol–water partition coefficient (Wildman–Crippen LogP) is 5.19. The van der Waals surface area contributed by atoms with Crippen LogP contribution >= 0.6 is 23.2 Å². The standard InChI is InChI=1S/C24H27Cl2N3O4/c1-14-22-18(28-29-21(30)13-32-19-11-10-15(25)12-17(19)26)8-5-9-20(22)33-23(14)24(31)27-16-6-3-2-4-7-16/h10-12,16H,2-9,13H2,1H3,(H,27,31)(H,29,30)/b28-18+. The van der Waals surface area contributed by atoms with E-state index in [1.807, 2.05) is 6.92 Å². The average Bonchev–Trinajstić information content (AvgIpc) is 3.15. The summed E-state index contributed by atoms with van der Waals surface area (Å²) in [6.45, 7) is 1.62. The number of amides is 2. The Hall–Kier alpha value is -2.51. The Morgan fingerprint density at radius 3 is 2.70 bits per heavy atom. The summed E-state index contributed by atoms with van der Waals surface area (Å²) in [6.07, 6.45) is 7.77. The fourth-order valence-electron chi connectivity index (χ4n) is 4.39. The van der Waals surface area contributed by atoms with Gasteiger partial charge in [0.25, 0.3) is 11.8 Å². The zero-order valence-corrected chi connectivity index (χ0v) is 20.0. The quantitative estimate of drug-likeness (QED) is 0.543. The molecule has 9 heteroatoms. The largest absolute Gasteiger partial charge is 0.482 e. The maximum Gasteiger partial charge on any atom is 0.287 e. The molecule has 1 heterocycles. The molecule has 33 heavy (non-hydrogen) atoms. The van der Waals surface area contributed by atoms with Crippen molar-refractivity contribution in [3.8, 4) is 5.75 Å². The molecular formula is C24H27Cl2N3O4. The van der Waals surface area contributed by atoms with E-state index < -0.39 is 5.91 Å². The molecule has 2 aliphatic rings. The van der Waals surface area contributed by atoms with Crippen LogP contribution in [0.4, 0.5) is 0 Å². The smallest absolute Gasteiger partial charge is 0.287 e. The molecule has 1 aromatic heterocycles. The second-order valence-electron chi connectivity index (χ2n) is 8.47. The number of carbonyl (C=O) groups is 2. The van der Waals surface area contributed by atoms with Crippen molar-refractivity contribution in [2.45, 2.75) is 64.3 Å². The van der Waals surface area contributed by atoms with Crippen LogP contribution in [0.3, 0.4) is 0 Å². The van der Waals surface area contributed by atoms with E-state index in [0.29, 0.717) is 33.7 Å². The number of fused-ring (bicyclic) bond motifs is 1. The number of aryl methyl sites for hydroxylation is 1. The molecule has 0 aliphatic heterocycles. The molecule has 4 rings (SSSR count). The lowest BCUT2D eigenvalue weighted by molar-refractivity contribution is -0.123. The highest BCUT2D eigenvalue weighted by atomic mass is 35.5. The third kappa shape index (κ3) is 5.71. The second kappa shape index (κ2) is 10.6. The first-order valence-corrected chi connectivity index (χ1v) is 12.0. The third-order valence-electron chi connectivity index (χ3n) is 6.04. The van der Waals surface area contributed by atoms with E-state index in [2.05, 4.69) is 15.8 Å². The van der Waals surface area contributed by atoms with Gasteiger partial charge in [-0.1, -0.05) is 42.5 Å². The molecule has 0 saturated heterocycles. The summed E-state index contributed by atoms with van der Waals surface area (Å²) >= 11 is 11.9. The average molecular weight is 492 g/mol. The van der Waals surface area contributed by atoms with Gasteiger partial charge in [-0.05, 0) is 50.8 Å². The normalized spacial score (nSPS) is 17.5. The molecule has 1 aromatic carbocycles. The predicted molar refractivity (Wildman–Crippen MR) is 127 cm³/mol. The molecule has 7 nitrogen and oxygen atoms in total. The SMILES string of the molecule is Cc1c(C(=O)NC2CCCCC2)oc2c1/C(=N/NC(=O)COc1ccc(Cl)cc1Cl)CCC2. The minimum absolute atomic E-state index is 0.176. The lowest BCUT2D eigenvalue weighted by atomic mass is 9.93.